The first kappa shape index (κ1) is 6.74. The van der Waals surface area contributed by atoms with E-state index in [-0.39, 0.29) is 0 Å². The van der Waals surface area contributed by atoms with Crippen LogP contribution >= 0.6 is 0 Å². The van der Waals surface area contributed by atoms with E-state index in [2.05, 4.69) is 28.5 Å². The molecule has 1 aromatic rings. The van der Waals surface area contributed by atoms with Crippen molar-refractivity contribution in [3.63, 3.8) is 0 Å². The molecule has 0 fully saturated rings. The van der Waals surface area contributed by atoms with E-state index in [0.717, 1.165) is 5.75 Å². The van der Waals surface area contributed by atoms with Crippen molar-refractivity contribution in [3.8, 4) is 5.75 Å². The Morgan fingerprint density at radius 2 is 1.82 bits per heavy atom. The molecule has 1 aliphatic heterocycles. The second-order valence-electron chi connectivity index (χ2n) is 2.29. The molecule has 0 saturated heterocycles. The van der Waals surface area contributed by atoms with Crippen LogP contribution in [0.2, 0.25) is 0 Å². The van der Waals surface area contributed by atoms with Gasteiger partial charge in [-0.15, -0.1) is 0 Å². The molecule has 0 amide bonds. The van der Waals surface area contributed by atoms with Crippen LogP contribution in [0.4, 0.5) is 0 Å². The lowest BCUT2D eigenvalue weighted by atomic mass is 10.2. The molecule has 1 nitrogen and oxygen atoms in total. The van der Waals surface area contributed by atoms with Crippen LogP contribution in [0.1, 0.15) is 5.56 Å². The van der Waals surface area contributed by atoms with Gasteiger partial charge in [0.05, 0.1) is 7.11 Å². The number of hydrogen-bond donors (Lipinski definition) is 0. The Balaban J connectivity index is 2.26. The Labute approximate surface area is 69.4 Å². The van der Waals surface area contributed by atoms with Crippen LogP contribution in [0.5, 0.6) is 5.75 Å². The van der Waals surface area contributed by atoms with Crippen LogP contribution < -0.4 is 4.74 Å². The fraction of sp³-hybridized carbons (Fsp3) is 0.111. The van der Waals surface area contributed by atoms with E-state index in [1.165, 1.54) is 10.6 Å². The largest absolute Gasteiger partial charge is 0.497 e. The van der Waals surface area contributed by atoms with Gasteiger partial charge in [0.25, 0.3) is 10.6 Å². The predicted octanol–water partition coefficient (Wildman–Crippen LogP) is 2.09. The van der Waals surface area contributed by atoms with Crippen LogP contribution in [0.3, 0.4) is 0 Å². The zero-order valence-corrected chi connectivity index (χ0v) is 6.93. The number of halogens is 1. The second kappa shape index (κ2) is 2.59. The molecule has 0 unspecified atom stereocenters. The number of ether oxygens (including phenoxy) is 1. The maximum absolute atomic E-state index is 5.04. The Hall–Kier alpha value is -0.950. The van der Waals surface area contributed by atoms with Crippen molar-refractivity contribution in [2.24, 2.45) is 0 Å². The third kappa shape index (κ3) is 1.38. The molecule has 0 spiro atoms. The number of methoxy groups -OCH3 is 1. The van der Waals surface area contributed by atoms with Gasteiger partial charge in [0.2, 0.25) is 10.8 Å². The molecule has 0 aromatic heterocycles. The highest BCUT2D eigenvalue weighted by Crippen LogP contribution is 2.28. The molecule has 2 heteroatoms. The van der Waals surface area contributed by atoms with Crippen LogP contribution in [0.25, 0.3) is 5.03 Å². The molecular formula is C9H8ClO+. The van der Waals surface area contributed by atoms with Gasteiger partial charge in [-0.05, 0) is 24.3 Å². The summed E-state index contributed by atoms with van der Waals surface area (Å²) in [7, 11) is 3.88. The summed E-state index contributed by atoms with van der Waals surface area (Å²) in [5.74, 6) is 0.910. The van der Waals surface area contributed by atoms with Crippen molar-refractivity contribution in [1.82, 2.24) is 0 Å². The Bertz CT molecular complexity index is 287. The van der Waals surface area contributed by atoms with Crippen LogP contribution in [0.15, 0.2) is 29.8 Å². The van der Waals surface area contributed by atoms with Gasteiger partial charge in [0.1, 0.15) is 5.75 Å². The molecule has 0 saturated carbocycles. The average Bonchev–Trinajstić information content (AvgIpc) is 2.87. The minimum atomic E-state index is 0.910. The molecule has 0 aliphatic carbocycles. The number of hydrogen-bond acceptors (Lipinski definition) is 1. The Morgan fingerprint density at radius 3 is 2.27 bits per heavy atom. The van der Waals surface area contributed by atoms with Gasteiger partial charge in [-0.2, -0.15) is 0 Å². The smallest absolute Gasteiger partial charge is 0.300 e. The Morgan fingerprint density at radius 1 is 1.18 bits per heavy atom. The van der Waals surface area contributed by atoms with Crippen molar-refractivity contribution in [2.75, 3.05) is 7.11 Å². The van der Waals surface area contributed by atoms with E-state index in [1.54, 1.807) is 7.11 Å². The molecule has 1 heterocycles. The summed E-state index contributed by atoms with van der Waals surface area (Å²) >= 11 is 0. The third-order valence-electron chi connectivity index (χ3n) is 1.58. The minimum Gasteiger partial charge on any atom is -0.497 e. The summed E-state index contributed by atoms with van der Waals surface area (Å²) < 4.78 is 5.04. The molecule has 0 N–H and O–H groups in total. The molecule has 0 atom stereocenters. The highest BCUT2D eigenvalue weighted by Gasteiger charge is 2.31. The highest BCUT2D eigenvalue weighted by molar-refractivity contribution is 5.62. The maximum Gasteiger partial charge on any atom is 0.300 e. The van der Waals surface area contributed by atoms with Gasteiger partial charge < -0.3 is 4.74 Å². The fourth-order valence-corrected chi connectivity index (χ4v) is 1.34. The monoisotopic (exact) mass is 167 g/mol. The summed E-state index contributed by atoms with van der Waals surface area (Å²) in [4.78, 5) is 0. The number of rotatable bonds is 2. The van der Waals surface area contributed by atoms with Gasteiger partial charge >= 0.3 is 0 Å². The average molecular weight is 168 g/mol. The standard InChI is InChI=1S/C9H8ClO/c1-11-8-4-2-7(3-5-8)9-6-10-9/h2-6H,1H3/q+1. The maximum atomic E-state index is 5.04. The van der Waals surface area contributed by atoms with Crippen molar-refractivity contribution in [1.29, 1.82) is 0 Å². The van der Waals surface area contributed by atoms with E-state index in [0.29, 0.717) is 0 Å². The lowest BCUT2D eigenvalue weighted by molar-refractivity contribution is -0.411. The van der Waals surface area contributed by atoms with Crippen LogP contribution in [-0.4, -0.2) is 7.11 Å². The van der Waals surface area contributed by atoms with E-state index < -0.39 is 0 Å². The molecular weight excluding hydrogens is 160 g/mol. The first-order valence-corrected chi connectivity index (χ1v) is 4.19. The normalized spacial score (nSPS) is 14.1. The lowest BCUT2D eigenvalue weighted by Gasteiger charge is -1.96. The van der Waals surface area contributed by atoms with E-state index in [1.807, 2.05) is 12.1 Å². The predicted molar refractivity (Wildman–Crippen MR) is 41.0 cm³/mol. The van der Waals surface area contributed by atoms with Crippen molar-refractivity contribution < 1.29 is 15.5 Å². The van der Waals surface area contributed by atoms with Crippen LogP contribution in [0, 0.1) is 10.8 Å². The molecule has 0 bridgehead atoms. The van der Waals surface area contributed by atoms with Gasteiger partial charge in [-0.3, -0.25) is 0 Å². The number of benzene rings is 1. The molecule has 1 aromatic carbocycles. The minimum absolute atomic E-state index is 0.910. The summed E-state index contributed by atoms with van der Waals surface area (Å²) in [6.07, 6.45) is 0. The van der Waals surface area contributed by atoms with E-state index in [4.69, 9.17) is 4.74 Å². The SMILES string of the molecule is COc1ccc(C2=C[Cl+]2)cc1. The quantitative estimate of drug-likeness (QED) is 0.656. The molecule has 1 aliphatic rings. The van der Waals surface area contributed by atoms with Crippen molar-refractivity contribution in [3.05, 3.63) is 35.4 Å². The first-order valence-electron chi connectivity index (χ1n) is 3.38. The highest BCUT2D eigenvalue weighted by atomic mass is 35.5. The van der Waals surface area contributed by atoms with Gasteiger partial charge in [-0.1, -0.05) is 0 Å². The summed E-state index contributed by atoms with van der Waals surface area (Å²) in [6, 6.07) is 8.06. The van der Waals surface area contributed by atoms with Gasteiger partial charge in [0, 0.05) is 5.56 Å². The third-order valence-corrected chi connectivity index (χ3v) is 2.24. The van der Waals surface area contributed by atoms with Gasteiger partial charge in [-0.25, -0.2) is 0 Å². The summed E-state index contributed by atoms with van der Waals surface area (Å²) in [5.41, 5.74) is 3.35. The summed E-state index contributed by atoms with van der Waals surface area (Å²) in [6.45, 7) is 0. The van der Waals surface area contributed by atoms with Crippen molar-refractivity contribution >= 4 is 5.03 Å². The van der Waals surface area contributed by atoms with Crippen molar-refractivity contribution in [2.45, 2.75) is 0 Å². The fourth-order valence-electron chi connectivity index (χ4n) is 0.904. The molecule has 56 valence electrons. The van der Waals surface area contributed by atoms with E-state index >= 15 is 0 Å². The molecule has 11 heavy (non-hydrogen) atoms. The first-order chi connectivity index (χ1) is 5.40. The van der Waals surface area contributed by atoms with E-state index in [9.17, 15) is 0 Å². The van der Waals surface area contributed by atoms with Gasteiger partial charge in [0.15, 0.2) is 0 Å². The Kier molecular flexibility index (Phi) is 1.59. The van der Waals surface area contributed by atoms with Crippen LogP contribution in [-0.2, 0) is 0 Å². The molecule has 2 rings (SSSR count). The lowest BCUT2D eigenvalue weighted by Crippen LogP contribution is -1.81. The zero-order chi connectivity index (χ0) is 7.68. The zero-order valence-electron chi connectivity index (χ0n) is 6.17. The summed E-state index contributed by atoms with van der Waals surface area (Å²) in [5, 5.41) is 1.31. The molecule has 0 radical (unpaired) electrons. The topological polar surface area (TPSA) is 9.23 Å². The second-order valence-corrected chi connectivity index (χ2v) is 3.14.